The third kappa shape index (κ3) is 6.10. The summed E-state index contributed by atoms with van der Waals surface area (Å²) in [6.07, 6.45) is 3.12. The summed E-state index contributed by atoms with van der Waals surface area (Å²) >= 11 is 0. The molecule has 0 atom stereocenters. The van der Waals surface area contributed by atoms with Gasteiger partial charge in [-0.05, 0) is 47.2 Å². The molecule has 3 heteroatoms. The summed E-state index contributed by atoms with van der Waals surface area (Å²) < 4.78 is 0. The van der Waals surface area contributed by atoms with Gasteiger partial charge in [0.2, 0.25) is 0 Å². The van der Waals surface area contributed by atoms with Crippen molar-refractivity contribution < 1.29 is 0 Å². The first-order valence-electron chi connectivity index (χ1n) is 5.19. The fourth-order valence-electron chi connectivity index (χ4n) is 1.00. The molecule has 0 N–H and O–H groups in total. The Labute approximate surface area is 101 Å². The molecule has 0 saturated carbocycles. The van der Waals surface area contributed by atoms with Crippen LogP contribution in [-0.4, -0.2) is 10.7 Å². The lowest BCUT2D eigenvalue weighted by Gasteiger charge is -2.16. The van der Waals surface area contributed by atoms with E-state index in [0.717, 1.165) is 5.03 Å². The summed E-state index contributed by atoms with van der Waals surface area (Å²) in [5.41, 5.74) is 1.72. The van der Waals surface area contributed by atoms with Crippen molar-refractivity contribution in [3.05, 3.63) is 23.9 Å². The summed E-state index contributed by atoms with van der Waals surface area (Å²) in [4.78, 5) is 4.32. The number of nitrogens with zero attached hydrogens (tertiary/aromatic N) is 1. The molecule has 0 aliphatic carbocycles. The Morgan fingerprint density at radius 2 is 2.07 bits per heavy atom. The summed E-state index contributed by atoms with van der Waals surface area (Å²) in [7, 11) is 3.68. The molecule has 1 heterocycles. The molecule has 1 aromatic rings. The average molecular weight is 241 g/mol. The van der Waals surface area contributed by atoms with Gasteiger partial charge in [-0.3, -0.25) is 0 Å². The fourth-order valence-corrected chi connectivity index (χ4v) is 3.38. The van der Waals surface area contributed by atoms with Crippen molar-refractivity contribution >= 4 is 21.6 Å². The molecule has 15 heavy (non-hydrogen) atoms. The maximum atomic E-state index is 4.32. The first-order valence-corrected chi connectivity index (χ1v) is 7.51. The predicted molar refractivity (Wildman–Crippen MR) is 71.4 cm³/mol. The Kier molecular flexibility index (Phi) is 5.00. The van der Waals surface area contributed by atoms with Crippen LogP contribution in [0.3, 0.4) is 0 Å². The van der Waals surface area contributed by atoms with Crippen LogP contribution in [0.15, 0.2) is 23.4 Å². The molecule has 84 valence electrons. The molecule has 1 aromatic heterocycles. The molecule has 0 fully saturated rings. The minimum absolute atomic E-state index is 0.438. The molecule has 0 saturated heterocycles. The zero-order chi connectivity index (χ0) is 11.3. The summed E-state index contributed by atoms with van der Waals surface area (Å²) in [5.74, 6) is 1.18. The Morgan fingerprint density at radius 3 is 2.67 bits per heavy atom. The highest BCUT2D eigenvalue weighted by Crippen LogP contribution is 2.32. The van der Waals surface area contributed by atoms with Gasteiger partial charge in [-0.1, -0.05) is 31.6 Å². The highest BCUT2D eigenvalue weighted by atomic mass is 33.1. The van der Waals surface area contributed by atoms with E-state index in [1.807, 2.05) is 23.1 Å². The third-order valence-corrected chi connectivity index (χ3v) is 4.22. The van der Waals surface area contributed by atoms with Crippen molar-refractivity contribution in [2.75, 3.05) is 5.75 Å². The summed E-state index contributed by atoms with van der Waals surface area (Å²) in [5, 5.41) is 1.12. The van der Waals surface area contributed by atoms with E-state index in [1.54, 1.807) is 10.8 Å². The SMILES string of the molecule is Cc1ccnc(SSCCC(C)(C)C)c1. The van der Waals surface area contributed by atoms with Crippen LogP contribution in [0.25, 0.3) is 0 Å². The lowest BCUT2D eigenvalue weighted by atomic mass is 9.94. The van der Waals surface area contributed by atoms with Crippen molar-refractivity contribution in [3.8, 4) is 0 Å². The second-order valence-electron chi connectivity index (χ2n) is 4.89. The largest absolute Gasteiger partial charge is 0.249 e. The lowest BCUT2D eigenvalue weighted by molar-refractivity contribution is 0.402. The maximum absolute atomic E-state index is 4.32. The summed E-state index contributed by atoms with van der Waals surface area (Å²) in [6.45, 7) is 8.95. The van der Waals surface area contributed by atoms with E-state index < -0.39 is 0 Å². The van der Waals surface area contributed by atoms with E-state index in [0.29, 0.717) is 5.41 Å². The Morgan fingerprint density at radius 1 is 1.33 bits per heavy atom. The Bertz CT molecular complexity index is 305. The normalized spacial score (nSPS) is 11.7. The predicted octanol–water partition coefficient (Wildman–Crippen LogP) is 4.57. The highest BCUT2D eigenvalue weighted by Gasteiger charge is 2.09. The van der Waals surface area contributed by atoms with Crippen molar-refractivity contribution in [1.29, 1.82) is 0 Å². The van der Waals surface area contributed by atoms with E-state index in [1.165, 1.54) is 17.7 Å². The Hall–Kier alpha value is -0.150. The minimum atomic E-state index is 0.438. The van der Waals surface area contributed by atoms with Crippen molar-refractivity contribution in [1.82, 2.24) is 4.98 Å². The first-order chi connectivity index (χ1) is 6.97. The number of rotatable bonds is 4. The van der Waals surface area contributed by atoms with Gasteiger partial charge in [0.25, 0.3) is 0 Å². The minimum Gasteiger partial charge on any atom is -0.249 e. The van der Waals surface area contributed by atoms with Crippen LogP contribution in [0.4, 0.5) is 0 Å². The van der Waals surface area contributed by atoms with Gasteiger partial charge < -0.3 is 0 Å². The zero-order valence-electron chi connectivity index (χ0n) is 9.91. The number of aryl methyl sites for hydroxylation is 1. The van der Waals surface area contributed by atoms with Gasteiger partial charge in [-0.2, -0.15) is 0 Å². The standard InChI is InChI=1S/C12H19NS2/c1-10-5-7-13-11(9-10)15-14-8-6-12(2,3)4/h5,7,9H,6,8H2,1-4H3. The van der Waals surface area contributed by atoms with Gasteiger partial charge >= 0.3 is 0 Å². The molecule has 1 rings (SSSR count). The van der Waals surface area contributed by atoms with Crippen LogP contribution in [0.1, 0.15) is 32.8 Å². The molecular formula is C12H19NS2. The molecule has 0 radical (unpaired) electrons. The second-order valence-corrected chi connectivity index (χ2v) is 7.32. The quantitative estimate of drug-likeness (QED) is 0.566. The molecule has 0 amide bonds. The van der Waals surface area contributed by atoms with Crippen LogP contribution >= 0.6 is 21.6 Å². The first kappa shape index (κ1) is 12.9. The molecule has 0 unspecified atom stereocenters. The fraction of sp³-hybridized carbons (Fsp3) is 0.583. The summed E-state index contributed by atoms with van der Waals surface area (Å²) in [6, 6.07) is 4.17. The monoisotopic (exact) mass is 241 g/mol. The van der Waals surface area contributed by atoms with E-state index in [4.69, 9.17) is 0 Å². The van der Waals surface area contributed by atoms with Crippen LogP contribution < -0.4 is 0 Å². The number of hydrogen-bond donors (Lipinski definition) is 0. The molecular weight excluding hydrogens is 222 g/mol. The number of pyridine rings is 1. The molecule has 0 bridgehead atoms. The van der Waals surface area contributed by atoms with Crippen LogP contribution in [0, 0.1) is 12.3 Å². The van der Waals surface area contributed by atoms with Crippen LogP contribution in [0.2, 0.25) is 0 Å². The lowest BCUT2D eigenvalue weighted by Crippen LogP contribution is -2.05. The van der Waals surface area contributed by atoms with Gasteiger partial charge in [-0.25, -0.2) is 4.98 Å². The van der Waals surface area contributed by atoms with E-state index >= 15 is 0 Å². The number of hydrogen-bond acceptors (Lipinski definition) is 3. The zero-order valence-corrected chi connectivity index (χ0v) is 11.5. The topological polar surface area (TPSA) is 12.9 Å². The van der Waals surface area contributed by atoms with Gasteiger partial charge in [0.1, 0.15) is 5.03 Å². The van der Waals surface area contributed by atoms with Gasteiger partial charge in [0, 0.05) is 11.9 Å². The average Bonchev–Trinajstić information content (AvgIpc) is 2.11. The van der Waals surface area contributed by atoms with E-state index in [2.05, 4.69) is 38.7 Å². The van der Waals surface area contributed by atoms with Gasteiger partial charge in [0.15, 0.2) is 0 Å². The molecule has 1 nitrogen and oxygen atoms in total. The van der Waals surface area contributed by atoms with Gasteiger partial charge in [0.05, 0.1) is 0 Å². The molecule has 0 aromatic carbocycles. The van der Waals surface area contributed by atoms with E-state index in [-0.39, 0.29) is 0 Å². The smallest absolute Gasteiger partial charge is 0.107 e. The van der Waals surface area contributed by atoms with Crippen LogP contribution in [0.5, 0.6) is 0 Å². The van der Waals surface area contributed by atoms with Crippen molar-refractivity contribution in [3.63, 3.8) is 0 Å². The number of aromatic nitrogens is 1. The second kappa shape index (κ2) is 5.80. The Balaban J connectivity index is 2.26. The third-order valence-electron chi connectivity index (χ3n) is 1.97. The molecule has 0 spiro atoms. The van der Waals surface area contributed by atoms with E-state index in [9.17, 15) is 0 Å². The van der Waals surface area contributed by atoms with Gasteiger partial charge in [-0.15, -0.1) is 0 Å². The van der Waals surface area contributed by atoms with Crippen LogP contribution in [-0.2, 0) is 0 Å². The molecule has 0 aliphatic rings. The maximum Gasteiger partial charge on any atom is 0.107 e. The molecule has 0 aliphatic heterocycles. The van der Waals surface area contributed by atoms with Crippen molar-refractivity contribution in [2.24, 2.45) is 5.41 Å². The van der Waals surface area contributed by atoms with Crippen molar-refractivity contribution in [2.45, 2.75) is 39.1 Å². The highest BCUT2D eigenvalue weighted by molar-refractivity contribution is 8.76.